The van der Waals surface area contributed by atoms with Gasteiger partial charge in [-0.3, -0.25) is 9.88 Å². The van der Waals surface area contributed by atoms with Crippen LogP contribution in [0.2, 0.25) is 0 Å². The predicted molar refractivity (Wildman–Crippen MR) is 89.0 cm³/mol. The van der Waals surface area contributed by atoms with Gasteiger partial charge in [-0.05, 0) is 34.5 Å². The Morgan fingerprint density at radius 3 is 2.58 bits per heavy atom. The summed E-state index contributed by atoms with van der Waals surface area (Å²) in [6, 6.07) is 4.43. The number of halogens is 4. The first-order valence-corrected chi connectivity index (χ1v) is 9.21. The van der Waals surface area contributed by atoms with E-state index in [1.54, 1.807) is 6.20 Å². The van der Waals surface area contributed by atoms with E-state index >= 15 is 0 Å². The van der Waals surface area contributed by atoms with Crippen LogP contribution in [-0.4, -0.2) is 40.0 Å². The number of alkyl halides is 3. The molecule has 5 heterocycles. The highest BCUT2D eigenvalue weighted by Gasteiger charge is 2.46. The first-order valence-electron chi connectivity index (χ1n) is 7.54. The standard InChI is InChI=1S/C15H14BrF3N4S/c16-9-1-2-10(20-4-9)5-22-6-11-3-12(7-22)23(11)14-21-13(8-24-14)15(17,18)19/h1-2,4,8,11-12H,3,5-7H2. The molecule has 0 saturated carbocycles. The summed E-state index contributed by atoms with van der Waals surface area (Å²) in [5.74, 6) is 0. The fourth-order valence-electron chi connectivity index (χ4n) is 3.38. The van der Waals surface area contributed by atoms with Crippen molar-refractivity contribution in [2.45, 2.75) is 31.2 Å². The van der Waals surface area contributed by atoms with E-state index in [1.807, 2.05) is 17.0 Å². The van der Waals surface area contributed by atoms with Crippen LogP contribution in [0.4, 0.5) is 18.3 Å². The quantitative estimate of drug-likeness (QED) is 0.758. The van der Waals surface area contributed by atoms with Gasteiger partial charge in [0.05, 0.1) is 5.69 Å². The van der Waals surface area contributed by atoms with Crippen LogP contribution in [-0.2, 0) is 12.7 Å². The second-order valence-corrected chi connectivity index (χ2v) is 7.88. The highest BCUT2D eigenvalue weighted by Crippen LogP contribution is 2.41. The van der Waals surface area contributed by atoms with Gasteiger partial charge >= 0.3 is 6.18 Å². The summed E-state index contributed by atoms with van der Waals surface area (Å²) < 4.78 is 39.1. The topological polar surface area (TPSA) is 32.3 Å². The third-order valence-electron chi connectivity index (χ3n) is 4.45. The van der Waals surface area contributed by atoms with Crippen molar-refractivity contribution in [1.82, 2.24) is 14.9 Å². The molecule has 3 aliphatic heterocycles. The zero-order valence-electron chi connectivity index (χ0n) is 12.5. The molecule has 2 atom stereocenters. The third-order valence-corrected chi connectivity index (χ3v) is 5.77. The van der Waals surface area contributed by atoms with Crippen LogP contribution in [0.1, 0.15) is 17.8 Å². The Labute approximate surface area is 149 Å². The monoisotopic (exact) mass is 418 g/mol. The van der Waals surface area contributed by atoms with Gasteiger partial charge in [-0.1, -0.05) is 0 Å². The first-order chi connectivity index (χ1) is 11.4. The minimum Gasteiger partial charge on any atom is -0.339 e. The van der Waals surface area contributed by atoms with Crippen molar-refractivity contribution in [2.24, 2.45) is 0 Å². The lowest BCUT2D eigenvalue weighted by Crippen LogP contribution is -2.68. The van der Waals surface area contributed by atoms with Crippen molar-refractivity contribution in [2.75, 3.05) is 18.0 Å². The number of hydrogen-bond donors (Lipinski definition) is 0. The highest BCUT2D eigenvalue weighted by atomic mass is 79.9. The smallest absolute Gasteiger partial charge is 0.339 e. The van der Waals surface area contributed by atoms with E-state index in [1.165, 1.54) is 0 Å². The Morgan fingerprint density at radius 2 is 2.00 bits per heavy atom. The Balaban J connectivity index is 1.41. The summed E-state index contributed by atoms with van der Waals surface area (Å²) in [6.45, 7) is 2.42. The Bertz CT molecular complexity index is 721. The first kappa shape index (κ1) is 16.3. The molecule has 0 radical (unpaired) electrons. The Hall–Kier alpha value is -1.19. The van der Waals surface area contributed by atoms with Crippen LogP contribution in [0.3, 0.4) is 0 Å². The molecule has 0 aliphatic carbocycles. The number of hydrogen-bond acceptors (Lipinski definition) is 5. The molecule has 2 aromatic rings. The maximum atomic E-state index is 12.7. The molecule has 0 spiro atoms. The molecule has 2 aromatic heterocycles. The van der Waals surface area contributed by atoms with E-state index in [0.29, 0.717) is 5.13 Å². The second-order valence-electron chi connectivity index (χ2n) is 6.13. The van der Waals surface area contributed by atoms with Crippen molar-refractivity contribution in [3.63, 3.8) is 0 Å². The second kappa shape index (κ2) is 5.96. The molecular formula is C15H14BrF3N4S. The summed E-state index contributed by atoms with van der Waals surface area (Å²) in [6.07, 6.45) is -1.57. The number of aromatic nitrogens is 2. The average Bonchev–Trinajstić information content (AvgIpc) is 2.99. The normalized spacial score (nSPS) is 24.1. The molecular weight excluding hydrogens is 405 g/mol. The van der Waals surface area contributed by atoms with Crippen molar-refractivity contribution in [1.29, 1.82) is 0 Å². The van der Waals surface area contributed by atoms with Gasteiger partial charge in [0.25, 0.3) is 0 Å². The van der Waals surface area contributed by atoms with E-state index in [2.05, 4.69) is 30.8 Å². The number of anilines is 1. The molecule has 0 amide bonds. The van der Waals surface area contributed by atoms with Crippen molar-refractivity contribution >= 4 is 32.4 Å². The van der Waals surface area contributed by atoms with Gasteiger partial charge in [0, 0.05) is 47.8 Å². The number of nitrogens with zero attached hydrogens (tertiary/aromatic N) is 4. The lowest BCUT2D eigenvalue weighted by atomic mass is 9.88. The molecule has 0 N–H and O–H groups in total. The molecule has 2 unspecified atom stereocenters. The molecule has 4 nitrogen and oxygen atoms in total. The van der Waals surface area contributed by atoms with E-state index in [4.69, 9.17) is 0 Å². The number of piperidine rings is 1. The lowest BCUT2D eigenvalue weighted by Gasteiger charge is -2.56. The predicted octanol–water partition coefficient (Wildman–Crippen LogP) is 3.78. The summed E-state index contributed by atoms with van der Waals surface area (Å²) in [7, 11) is 0. The molecule has 3 saturated heterocycles. The molecule has 5 rings (SSSR count). The van der Waals surface area contributed by atoms with Gasteiger partial charge in [0.15, 0.2) is 10.8 Å². The van der Waals surface area contributed by atoms with Crippen LogP contribution in [0.25, 0.3) is 0 Å². The molecule has 3 fully saturated rings. The summed E-state index contributed by atoms with van der Waals surface area (Å²) in [5, 5.41) is 1.59. The van der Waals surface area contributed by atoms with E-state index in [9.17, 15) is 13.2 Å². The largest absolute Gasteiger partial charge is 0.434 e. The van der Waals surface area contributed by atoms with Crippen molar-refractivity contribution in [3.05, 3.63) is 39.6 Å². The minimum atomic E-state index is -4.37. The molecule has 9 heteroatoms. The minimum absolute atomic E-state index is 0.242. The van der Waals surface area contributed by atoms with Gasteiger partial charge in [-0.2, -0.15) is 13.2 Å². The Morgan fingerprint density at radius 1 is 1.25 bits per heavy atom. The zero-order valence-corrected chi connectivity index (χ0v) is 14.9. The summed E-state index contributed by atoms with van der Waals surface area (Å²) in [5.41, 5.74) is 0.211. The zero-order chi connectivity index (χ0) is 16.9. The van der Waals surface area contributed by atoms with Crippen LogP contribution >= 0.6 is 27.3 Å². The van der Waals surface area contributed by atoms with Crippen LogP contribution in [0, 0.1) is 0 Å². The number of fused-ring (bicyclic) bond motifs is 2. The van der Waals surface area contributed by atoms with Crippen molar-refractivity contribution < 1.29 is 13.2 Å². The van der Waals surface area contributed by atoms with Crippen molar-refractivity contribution in [3.8, 4) is 0 Å². The van der Waals surface area contributed by atoms with Gasteiger partial charge in [0.2, 0.25) is 0 Å². The molecule has 24 heavy (non-hydrogen) atoms. The SMILES string of the molecule is FC(F)(F)c1csc(N2C3CC2CN(Cc2ccc(Br)cn2)C3)n1. The van der Waals surface area contributed by atoms with Gasteiger partial charge < -0.3 is 4.90 Å². The number of rotatable bonds is 3. The van der Waals surface area contributed by atoms with Gasteiger partial charge in [-0.25, -0.2) is 4.98 Å². The van der Waals surface area contributed by atoms with Crippen LogP contribution in [0.15, 0.2) is 28.2 Å². The lowest BCUT2D eigenvalue weighted by molar-refractivity contribution is -0.140. The maximum Gasteiger partial charge on any atom is 0.434 e. The van der Waals surface area contributed by atoms with Crippen LogP contribution < -0.4 is 4.90 Å². The van der Waals surface area contributed by atoms with E-state index < -0.39 is 11.9 Å². The van der Waals surface area contributed by atoms with E-state index in [0.717, 1.165) is 52.9 Å². The third kappa shape index (κ3) is 3.04. The molecule has 2 bridgehead atoms. The van der Waals surface area contributed by atoms with E-state index in [-0.39, 0.29) is 12.1 Å². The maximum absolute atomic E-state index is 12.7. The number of pyridine rings is 1. The fraction of sp³-hybridized carbons (Fsp3) is 0.467. The summed E-state index contributed by atoms with van der Waals surface area (Å²) >= 11 is 4.45. The average molecular weight is 419 g/mol. The molecule has 0 aromatic carbocycles. The summed E-state index contributed by atoms with van der Waals surface area (Å²) in [4.78, 5) is 12.5. The number of piperazine rings is 1. The highest BCUT2D eigenvalue weighted by molar-refractivity contribution is 9.10. The number of thiazole rings is 1. The van der Waals surface area contributed by atoms with Gasteiger partial charge in [-0.15, -0.1) is 11.3 Å². The molecule has 128 valence electrons. The molecule has 3 aliphatic rings. The van der Waals surface area contributed by atoms with Gasteiger partial charge in [0.1, 0.15) is 0 Å². The van der Waals surface area contributed by atoms with Crippen LogP contribution in [0.5, 0.6) is 0 Å². The Kier molecular flexibility index (Phi) is 4.04. The fourth-order valence-corrected chi connectivity index (χ4v) is 4.59.